The summed E-state index contributed by atoms with van der Waals surface area (Å²) in [4.78, 5) is 2.47. The Bertz CT molecular complexity index is 362. The van der Waals surface area contributed by atoms with E-state index in [2.05, 4.69) is 45.1 Å². The Balaban J connectivity index is 2.33. The van der Waals surface area contributed by atoms with Gasteiger partial charge in [-0.1, -0.05) is 13.8 Å². The maximum Gasteiger partial charge on any atom is 0.0739 e. The van der Waals surface area contributed by atoms with E-state index in [1.54, 1.807) is 0 Å². The molecule has 1 aromatic rings. The Morgan fingerprint density at radius 1 is 1.33 bits per heavy atom. The smallest absolute Gasteiger partial charge is 0.0739 e. The lowest BCUT2D eigenvalue weighted by molar-refractivity contribution is 0.287. The van der Waals surface area contributed by atoms with Gasteiger partial charge < -0.3 is 10.2 Å². The lowest BCUT2D eigenvalue weighted by atomic mass is 10.3. The summed E-state index contributed by atoms with van der Waals surface area (Å²) in [6.45, 7) is 11.8. The monoisotopic (exact) mass is 316 g/mol. The molecule has 0 aromatic carbocycles. The van der Waals surface area contributed by atoms with Crippen LogP contribution in [-0.2, 0) is 13.6 Å². The molecular formula is C13H25BrN4. The summed E-state index contributed by atoms with van der Waals surface area (Å²) in [5.41, 5.74) is 2.27. The first-order valence-electron chi connectivity index (χ1n) is 6.71. The van der Waals surface area contributed by atoms with E-state index in [0.717, 1.165) is 36.3 Å². The number of likely N-dealkylation sites (N-methyl/N-ethyl adjacent to an activating group) is 1. The second-order valence-corrected chi connectivity index (χ2v) is 5.37. The molecule has 0 saturated heterocycles. The van der Waals surface area contributed by atoms with Crippen molar-refractivity contribution in [3.8, 4) is 0 Å². The Morgan fingerprint density at radius 2 is 2.06 bits per heavy atom. The van der Waals surface area contributed by atoms with Crippen LogP contribution in [0.1, 0.15) is 31.7 Å². The zero-order valence-electron chi connectivity index (χ0n) is 12.0. The summed E-state index contributed by atoms with van der Waals surface area (Å²) < 4.78 is 3.06. The first kappa shape index (κ1) is 15.7. The summed E-state index contributed by atoms with van der Waals surface area (Å²) in [7, 11) is 1.99. The molecule has 0 aliphatic rings. The second-order valence-electron chi connectivity index (χ2n) is 4.58. The molecule has 0 atom stereocenters. The molecule has 0 aliphatic heterocycles. The Labute approximate surface area is 119 Å². The van der Waals surface area contributed by atoms with Gasteiger partial charge in [0.15, 0.2) is 0 Å². The fourth-order valence-electron chi connectivity index (χ4n) is 2.06. The van der Waals surface area contributed by atoms with Crippen LogP contribution in [-0.4, -0.2) is 40.9 Å². The van der Waals surface area contributed by atoms with E-state index >= 15 is 0 Å². The van der Waals surface area contributed by atoms with Crippen LogP contribution in [0.2, 0.25) is 0 Å². The zero-order chi connectivity index (χ0) is 13.5. The predicted molar refractivity (Wildman–Crippen MR) is 79.8 cm³/mol. The van der Waals surface area contributed by atoms with Crippen molar-refractivity contribution < 1.29 is 0 Å². The molecular weight excluding hydrogens is 292 g/mol. The second kappa shape index (κ2) is 7.92. The fourth-order valence-corrected chi connectivity index (χ4v) is 2.54. The standard InChI is InChI=1S/C13H25BrN4/c1-5-8-18(6-2)9-7-15-10-12-13(14)11(3)16-17(12)4/h15H,5-10H2,1-4H3. The minimum Gasteiger partial charge on any atom is -0.310 e. The number of nitrogens with zero attached hydrogens (tertiary/aromatic N) is 3. The topological polar surface area (TPSA) is 33.1 Å². The molecule has 0 amide bonds. The predicted octanol–water partition coefficient (Wildman–Crippen LogP) is 2.31. The van der Waals surface area contributed by atoms with Crippen LogP contribution < -0.4 is 5.32 Å². The molecule has 0 unspecified atom stereocenters. The minimum atomic E-state index is 0.863. The average Bonchev–Trinajstić information content (AvgIpc) is 2.58. The molecule has 0 spiro atoms. The number of hydrogen-bond donors (Lipinski definition) is 1. The van der Waals surface area contributed by atoms with Crippen molar-refractivity contribution in [1.29, 1.82) is 0 Å². The van der Waals surface area contributed by atoms with Crippen LogP contribution in [0.15, 0.2) is 4.47 Å². The van der Waals surface area contributed by atoms with E-state index in [9.17, 15) is 0 Å². The van der Waals surface area contributed by atoms with E-state index in [0.29, 0.717) is 0 Å². The summed E-state index contributed by atoms with van der Waals surface area (Å²) in [6.07, 6.45) is 1.22. The normalized spacial score (nSPS) is 11.4. The Kier molecular flexibility index (Phi) is 6.89. The van der Waals surface area contributed by atoms with Crippen LogP contribution >= 0.6 is 15.9 Å². The van der Waals surface area contributed by atoms with Crippen molar-refractivity contribution in [2.24, 2.45) is 7.05 Å². The fraction of sp³-hybridized carbons (Fsp3) is 0.769. The van der Waals surface area contributed by atoms with Gasteiger partial charge in [0, 0.05) is 26.7 Å². The molecule has 4 nitrogen and oxygen atoms in total. The van der Waals surface area contributed by atoms with E-state index in [4.69, 9.17) is 0 Å². The Morgan fingerprint density at radius 3 is 2.56 bits per heavy atom. The number of aryl methyl sites for hydroxylation is 2. The number of aromatic nitrogens is 2. The molecule has 1 aromatic heterocycles. The highest BCUT2D eigenvalue weighted by atomic mass is 79.9. The van der Waals surface area contributed by atoms with Gasteiger partial charge in [0.05, 0.1) is 15.9 Å². The van der Waals surface area contributed by atoms with Gasteiger partial charge in [0.25, 0.3) is 0 Å². The number of rotatable bonds is 8. The van der Waals surface area contributed by atoms with E-state index in [-0.39, 0.29) is 0 Å². The largest absolute Gasteiger partial charge is 0.310 e. The van der Waals surface area contributed by atoms with Gasteiger partial charge in [-0.05, 0) is 42.4 Å². The van der Waals surface area contributed by atoms with Gasteiger partial charge in [-0.3, -0.25) is 4.68 Å². The highest BCUT2D eigenvalue weighted by Crippen LogP contribution is 2.19. The third-order valence-corrected chi connectivity index (χ3v) is 4.18. The third-order valence-electron chi connectivity index (χ3n) is 3.15. The van der Waals surface area contributed by atoms with Crippen LogP contribution in [0.4, 0.5) is 0 Å². The van der Waals surface area contributed by atoms with Gasteiger partial charge in [-0.15, -0.1) is 0 Å². The van der Waals surface area contributed by atoms with Crippen molar-refractivity contribution >= 4 is 15.9 Å². The van der Waals surface area contributed by atoms with Gasteiger partial charge in [-0.2, -0.15) is 5.10 Å². The highest BCUT2D eigenvalue weighted by molar-refractivity contribution is 9.10. The minimum absolute atomic E-state index is 0.863. The SMILES string of the molecule is CCCN(CC)CCNCc1c(Br)c(C)nn1C. The molecule has 18 heavy (non-hydrogen) atoms. The lowest BCUT2D eigenvalue weighted by Crippen LogP contribution is -2.32. The number of halogens is 1. The number of hydrogen-bond acceptors (Lipinski definition) is 3. The molecule has 104 valence electrons. The van der Waals surface area contributed by atoms with Crippen LogP contribution in [0.3, 0.4) is 0 Å². The summed E-state index contributed by atoms with van der Waals surface area (Å²) in [6, 6.07) is 0. The molecule has 0 fully saturated rings. The van der Waals surface area contributed by atoms with Crippen molar-refractivity contribution in [1.82, 2.24) is 20.0 Å². The van der Waals surface area contributed by atoms with Gasteiger partial charge in [0.1, 0.15) is 0 Å². The summed E-state index contributed by atoms with van der Waals surface area (Å²) >= 11 is 3.59. The van der Waals surface area contributed by atoms with Crippen LogP contribution in [0.5, 0.6) is 0 Å². The lowest BCUT2D eigenvalue weighted by Gasteiger charge is -2.19. The van der Waals surface area contributed by atoms with Crippen molar-refractivity contribution in [3.63, 3.8) is 0 Å². The quantitative estimate of drug-likeness (QED) is 0.747. The van der Waals surface area contributed by atoms with Gasteiger partial charge in [0.2, 0.25) is 0 Å². The molecule has 5 heteroatoms. The van der Waals surface area contributed by atoms with E-state index in [1.165, 1.54) is 18.7 Å². The summed E-state index contributed by atoms with van der Waals surface area (Å²) in [5, 5.41) is 7.88. The molecule has 1 heterocycles. The maximum absolute atomic E-state index is 4.39. The molecule has 1 rings (SSSR count). The van der Waals surface area contributed by atoms with Crippen molar-refractivity contribution in [2.75, 3.05) is 26.2 Å². The molecule has 0 aliphatic carbocycles. The Hall–Kier alpha value is -0.390. The number of nitrogens with one attached hydrogen (secondary N) is 1. The van der Waals surface area contributed by atoms with Crippen molar-refractivity contribution in [2.45, 2.75) is 33.7 Å². The van der Waals surface area contributed by atoms with Crippen LogP contribution in [0, 0.1) is 6.92 Å². The molecule has 0 saturated carbocycles. The van der Waals surface area contributed by atoms with E-state index < -0.39 is 0 Å². The van der Waals surface area contributed by atoms with Gasteiger partial charge >= 0.3 is 0 Å². The molecule has 0 radical (unpaired) electrons. The highest BCUT2D eigenvalue weighted by Gasteiger charge is 2.09. The maximum atomic E-state index is 4.39. The molecule has 0 bridgehead atoms. The third kappa shape index (κ3) is 4.37. The first-order chi connectivity index (χ1) is 8.60. The molecule has 1 N–H and O–H groups in total. The van der Waals surface area contributed by atoms with E-state index in [1.807, 2.05) is 18.7 Å². The summed E-state index contributed by atoms with van der Waals surface area (Å²) in [5.74, 6) is 0. The first-order valence-corrected chi connectivity index (χ1v) is 7.50. The zero-order valence-corrected chi connectivity index (χ0v) is 13.5. The van der Waals surface area contributed by atoms with Crippen molar-refractivity contribution in [3.05, 3.63) is 15.9 Å². The average molecular weight is 317 g/mol. The van der Waals surface area contributed by atoms with Gasteiger partial charge in [-0.25, -0.2) is 0 Å². The van der Waals surface area contributed by atoms with Crippen LogP contribution in [0.25, 0.3) is 0 Å².